The van der Waals surface area contributed by atoms with Gasteiger partial charge in [0.2, 0.25) is 0 Å². The molecule has 6 rings (SSSR count). The van der Waals surface area contributed by atoms with E-state index in [1.807, 2.05) is 103 Å². The van der Waals surface area contributed by atoms with Crippen LogP contribution in [-0.4, -0.2) is 21.5 Å². The number of anilines is 1. The molecule has 0 saturated heterocycles. The largest absolute Gasteiger partial charge is 0.669 e. The Labute approximate surface area is 263 Å². The van der Waals surface area contributed by atoms with Crippen LogP contribution in [0.5, 0.6) is 11.5 Å². The Balaban J connectivity index is 0.000000431. The van der Waals surface area contributed by atoms with E-state index in [0.717, 1.165) is 16.8 Å². The van der Waals surface area contributed by atoms with Crippen LogP contribution in [0, 0.1) is 49.5 Å². The van der Waals surface area contributed by atoms with Crippen molar-refractivity contribution >= 4 is 5.69 Å². The molecule has 1 aliphatic heterocycles. The van der Waals surface area contributed by atoms with E-state index in [-0.39, 0.29) is 40.5 Å². The number of benzene rings is 3. The normalized spacial score (nSPS) is 11.4. The van der Waals surface area contributed by atoms with Crippen LogP contribution in [0.3, 0.4) is 0 Å². The molecular weight excluding hydrogens is 766 g/mol. The first kappa shape index (κ1) is 30.6. The number of rotatable bonds is 5. The van der Waals surface area contributed by atoms with Crippen LogP contribution >= 0.6 is 0 Å². The molecule has 205 valence electrons. The van der Waals surface area contributed by atoms with E-state index in [1.165, 1.54) is 0 Å². The van der Waals surface area contributed by atoms with Gasteiger partial charge >= 0.3 is 0 Å². The molecule has 3 aromatic carbocycles. The summed E-state index contributed by atoms with van der Waals surface area (Å²) in [5, 5.41) is 0. The summed E-state index contributed by atoms with van der Waals surface area (Å²) < 4.78 is 7.57. The molecule has 5 aromatic rings. The fraction of sp³-hybridized carbons (Fsp3) is 0.0303. The number of aromatic nitrogens is 2. The standard InChI is InChI=1S/C27H17N3O.C6H4N.Pt.Rh/c1-29-15-16-30(20-29)24-10-6-12-26(19-24)31-25-11-5-9-23(17-25)27-18-22(13-14-28-27)21-7-3-2-4-8-21;1-2-7-5-3-4-6-7;;/h2-7,10-16,20H,1H3;3-6H;;/q-6;-1;;. The molecule has 0 aliphatic carbocycles. The maximum absolute atomic E-state index is 6.57. The number of hydrogen-bond donors (Lipinski definition) is 0. The van der Waals surface area contributed by atoms with E-state index in [2.05, 4.69) is 41.4 Å². The Morgan fingerprint density at radius 1 is 0.850 bits per heavy atom. The molecule has 2 aromatic heterocycles. The van der Waals surface area contributed by atoms with Gasteiger partial charge in [-0.1, -0.05) is 5.75 Å². The van der Waals surface area contributed by atoms with Gasteiger partial charge in [-0.25, -0.2) is 23.2 Å². The molecule has 40 heavy (non-hydrogen) atoms. The fourth-order valence-corrected chi connectivity index (χ4v) is 3.59. The van der Waals surface area contributed by atoms with Crippen LogP contribution in [-0.2, 0) is 40.5 Å². The molecule has 5 nitrogen and oxygen atoms in total. The van der Waals surface area contributed by atoms with Gasteiger partial charge in [0.1, 0.15) is 0 Å². The molecule has 0 bridgehead atoms. The first-order chi connectivity index (χ1) is 18.7. The molecule has 0 saturated carbocycles. The topological polar surface area (TPSA) is 33.5 Å². The zero-order chi connectivity index (χ0) is 26.2. The molecule has 1 aliphatic rings. The van der Waals surface area contributed by atoms with Crippen LogP contribution in [0.15, 0.2) is 104 Å². The van der Waals surface area contributed by atoms with Gasteiger partial charge in [-0.05, 0) is 37.8 Å². The molecule has 0 unspecified atom stereocenters. The van der Waals surface area contributed by atoms with E-state index in [4.69, 9.17) is 11.2 Å². The molecular formula is C33H21N4OPtRh-7. The number of hydrogen-bond acceptors (Lipinski definition) is 4. The van der Waals surface area contributed by atoms with E-state index in [9.17, 15) is 0 Å². The van der Waals surface area contributed by atoms with E-state index in [0.29, 0.717) is 22.8 Å². The first-order valence-electron chi connectivity index (χ1n) is 11.8. The summed E-state index contributed by atoms with van der Waals surface area (Å²) in [6.07, 6.45) is 15.8. The molecule has 3 heterocycles. The van der Waals surface area contributed by atoms with E-state index < -0.39 is 0 Å². The van der Waals surface area contributed by atoms with Gasteiger partial charge in [-0.2, -0.15) is 54.8 Å². The van der Waals surface area contributed by atoms with Crippen molar-refractivity contribution in [3.05, 3.63) is 147 Å². The van der Waals surface area contributed by atoms with Crippen molar-refractivity contribution in [2.45, 2.75) is 0 Å². The Morgan fingerprint density at radius 2 is 1.68 bits per heavy atom. The summed E-state index contributed by atoms with van der Waals surface area (Å²) in [4.78, 5) is 8.39. The van der Waals surface area contributed by atoms with Crippen molar-refractivity contribution in [1.82, 2.24) is 14.5 Å². The smallest absolute Gasteiger partial charge is 0.0143 e. The summed E-state index contributed by atoms with van der Waals surface area (Å²) in [5.41, 5.74) is 4.10. The van der Waals surface area contributed by atoms with Crippen molar-refractivity contribution in [2.75, 3.05) is 11.9 Å². The third kappa shape index (κ3) is 8.06. The van der Waals surface area contributed by atoms with Gasteiger partial charge in [0.05, 0.1) is 0 Å². The van der Waals surface area contributed by atoms with E-state index >= 15 is 0 Å². The second-order valence-corrected chi connectivity index (χ2v) is 8.14. The number of ether oxygens (including phenoxy) is 1. The average Bonchev–Trinajstić information content (AvgIpc) is 3.66. The predicted octanol–water partition coefficient (Wildman–Crippen LogP) is 6.43. The van der Waals surface area contributed by atoms with Crippen molar-refractivity contribution in [3.8, 4) is 39.9 Å². The minimum Gasteiger partial charge on any atom is -0.669 e. The average molecular weight is 788 g/mol. The molecule has 1 radical (unpaired) electrons. The zero-order valence-corrected chi connectivity index (χ0v) is 25.1. The monoisotopic (exact) mass is 787 g/mol. The molecule has 0 N–H and O–H groups in total. The van der Waals surface area contributed by atoms with Crippen LogP contribution in [0.25, 0.3) is 22.4 Å². The van der Waals surface area contributed by atoms with Gasteiger partial charge in [0.25, 0.3) is 0 Å². The SMILES string of the molecule is CN1C=CN(c2[c-]c(Oc3[c-]c(-c4[c-]c(-c5[c-]cccc5)ccn4)[c-]cc3)ccc2)[CH-]1.[C-]#Cn1cccc1.[Pt].[Rh]. The number of nitrogens with zero attached hydrogens (tertiary/aromatic N) is 4. The summed E-state index contributed by atoms with van der Waals surface area (Å²) in [6, 6.07) is 41.2. The minimum atomic E-state index is 0. The quantitative estimate of drug-likeness (QED) is 0.117. The molecule has 7 heteroatoms. The van der Waals surface area contributed by atoms with Crippen LogP contribution in [0.1, 0.15) is 0 Å². The van der Waals surface area contributed by atoms with Crippen LogP contribution in [0.4, 0.5) is 5.69 Å². The summed E-state index contributed by atoms with van der Waals surface area (Å²) in [7, 11) is 1.98. The van der Waals surface area contributed by atoms with Gasteiger partial charge in [-0.15, -0.1) is 30.0 Å². The maximum Gasteiger partial charge on any atom is 0.0143 e. The summed E-state index contributed by atoms with van der Waals surface area (Å²) >= 11 is 0. The Hall–Kier alpha value is -3.90. The minimum absolute atomic E-state index is 0. The van der Waals surface area contributed by atoms with Gasteiger partial charge in [0, 0.05) is 58.7 Å². The third-order valence-corrected chi connectivity index (χ3v) is 5.40. The van der Waals surface area contributed by atoms with Crippen LogP contribution < -0.4 is 9.64 Å². The second-order valence-electron chi connectivity index (χ2n) is 8.14. The fourth-order valence-electron chi connectivity index (χ4n) is 3.59. The van der Waals surface area contributed by atoms with Crippen molar-refractivity contribution in [1.29, 1.82) is 0 Å². The summed E-state index contributed by atoms with van der Waals surface area (Å²) in [6.45, 7) is 1.97. The molecule has 0 amide bonds. The van der Waals surface area contributed by atoms with Crippen molar-refractivity contribution in [3.63, 3.8) is 0 Å². The zero-order valence-electron chi connectivity index (χ0n) is 21.2. The van der Waals surface area contributed by atoms with Gasteiger partial charge in [-0.3, -0.25) is 12.1 Å². The third-order valence-electron chi connectivity index (χ3n) is 5.40. The van der Waals surface area contributed by atoms with E-state index in [1.54, 1.807) is 29.2 Å². The Bertz CT molecular complexity index is 1570. The van der Waals surface area contributed by atoms with Crippen molar-refractivity contribution in [2.24, 2.45) is 0 Å². The first-order valence-corrected chi connectivity index (χ1v) is 11.8. The van der Waals surface area contributed by atoms with Gasteiger partial charge < -0.3 is 42.1 Å². The second kappa shape index (κ2) is 15.0. The predicted molar refractivity (Wildman–Crippen MR) is 146 cm³/mol. The molecule has 0 spiro atoms. The van der Waals surface area contributed by atoms with Crippen molar-refractivity contribution < 1.29 is 45.3 Å². The number of pyridine rings is 1. The summed E-state index contributed by atoms with van der Waals surface area (Å²) in [5.74, 6) is 1.17. The molecule has 0 fully saturated rings. The van der Waals surface area contributed by atoms with Crippen LogP contribution in [0.2, 0.25) is 0 Å². The molecule has 0 atom stereocenters. The Morgan fingerprint density at radius 3 is 2.38 bits per heavy atom. The van der Waals surface area contributed by atoms with Gasteiger partial charge in [0.15, 0.2) is 0 Å². The Kier molecular flexibility index (Phi) is 11.5. The maximum atomic E-state index is 6.57.